The lowest BCUT2D eigenvalue weighted by Gasteiger charge is -2.11. The van der Waals surface area contributed by atoms with Crippen LogP contribution in [-0.4, -0.2) is 19.7 Å². The van der Waals surface area contributed by atoms with Gasteiger partial charge in [0.15, 0.2) is 0 Å². The van der Waals surface area contributed by atoms with Gasteiger partial charge in [-0.15, -0.1) is 0 Å². The van der Waals surface area contributed by atoms with E-state index in [0.717, 1.165) is 12.8 Å². The molecule has 2 amide bonds. The van der Waals surface area contributed by atoms with Gasteiger partial charge in [0.25, 0.3) is 0 Å². The molecule has 5 heteroatoms. The van der Waals surface area contributed by atoms with Gasteiger partial charge in [-0.3, -0.25) is 0 Å². The summed E-state index contributed by atoms with van der Waals surface area (Å²) < 4.78 is 5.13. The Balaban J connectivity index is 2.60. The Morgan fingerprint density at radius 2 is 2.24 bits per heavy atom. The van der Waals surface area contributed by atoms with E-state index in [2.05, 4.69) is 17.6 Å². The summed E-state index contributed by atoms with van der Waals surface area (Å²) in [6.45, 7) is 2.73. The fourth-order valence-electron chi connectivity index (χ4n) is 1.32. The first-order valence-corrected chi connectivity index (χ1v) is 5.93. The van der Waals surface area contributed by atoms with Gasteiger partial charge in [-0.25, -0.2) is 4.79 Å². The third-order valence-corrected chi connectivity index (χ3v) is 2.46. The molecule has 0 aromatic heterocycles. The van der Waals surface area contributed by atoms with Crippen molar-refractivity contribution in [3.05, 3.63) is 23.2 Å². The zero-order valence-electron chi connectivity index (χ0n) is 10.0. The van der Waals surface area contributed by atoms with Crippen molar-refractivity contribution >= 4 is 23.3 Å². The quantitative estimate of drug-likeness (QED) is 0.795. The number of rotatable bonds is 5. The van der Waals surface area contributed by atoms with Crippen LogP contribution in [0.2, 0.25) is 5.02 Å². The fourth-order valence-corrected chi connectivity index (χ4v) is 1.50. The highest BCUT2D eigenvalue weighted by molar-refractivity contribution is 6.31. The number of carbonyl (C=O) groups is 1. The number of hydrogen-bond donors (Lipinski definition) is 2. The van der Waals surface area contributed by atoms with Crippen LogP contribution in [0, 0.1) is 0 Å². The van der Waals surface area contributed by atoms with Crippen LogP contribution in [0.5, 0.6) is 5.75 Å². The molecule has 0 unspecified atom stereocenters. The van der Waals surface area contributed by atoms with Gasteiger partial charge in [0.05, 0.1) is 12.8 Å². The van der Waals surface area contributed by atoms with Crippen LogP contribution in [0.4, 0.5) is 10.5 Å². The second-order valence-corrected chi connectivity index (χ2v) is 4.02. The summed E-state index contributed by atoms with van der Waals surface area (Å²) >= 11 is 5.86. The van der Waals surface area contributed by atoms with E-state index < -0.39 is 0 Å². The van der Waals surface area contributed by atoms with Crippen LogP contribution in [0.25, 0.3) is 0 Å². The first-order chi connectivity index (χ1) is 8.17. The van der Waals surface area contributed by atoms with Gasteiger partial charge in [0.1, 0.15) is 5.75 Å². The van der Waals surface area contributed by atoms with Crippen molar-refractivity contribution in [2.24, 2.45) is 0 Å². The number of amides is 2. The summed E-state index contributed by atoms with van der Waals surface area (Å²) in [6, 6.07) is 4.82. The number of nitrogens with one attached hydrogen (secondary N) is 2. The third kappa shape index (κ3) is 4.53. The largest absolute Gasteiger partial charge is 0.495 e. The Kier molecular flexibility index (Phi) is 5.63. The maximum atomic E-state index is 11.5. The van der Waals surface area contributed by atoms with Gasteiger partial charge >= 0.3 is 6.03 Å². The van der Waals surface area contributed by atoms with Crippen molar-refractivity contribution in [3.8, 4) is 5.75 Å². The predicted molar refractivity (Wildman–Crippen MR) is 69.9 cm³/mol. The maximum absolute atomic E-state index is 11.5. The molecule has 1 aromatic rings. The Labute approximate surface area is 106 Å². The smallest absolute Gasteiger partial charge is 0.319 e. The van der Waals surface area contributed by atoms with Crippen LogP contribution in [-0.2, 0) is 0 Å². The van der Waals surface area contributed by atoms with Gasteiger partial charge in [-0.2, -0.15) is 0 Å². The van der Waals surface area contributed by atoms with Crippen molar-refractivity contribution in [2.45, 2.75) is 19.8 Å². The molecule has 0 atom stereocenters. The Morgan fingerprint density at radius 1 is 1.47 bits per heavy atom. The first kappa shape index (κ1) is 13.6. The standard InChI is InChI=1S/C12H17ClN2O2/c1-3-4-7-14-12(16)15-10-8-9(13)5-6-11(10)17-2/h5-6,8H,3-4,7H2,1-2H3,(H2,14,15,16). The highest BCUT2D eigenvalue weighted by Gasteiger charge is 2.07. The minimum absolute atomic E-state index is 0.251. The molecule has 0 aliphatic carbocycles. The van der Waals surface area contributed by atoms with E-state index in [9.17, 15) is 4.79 Å². The summed E-state index contributed by atoms with van der Waals surface area (Å²) in [5, 5.41) is 6.01. The van der Waals surface area contributed by atoms with E-state index in [4.69, 9.17) is 16.3 Å². The minimum atomic E-state index is -0.251. The summed E-state index contributed by atoms with van der Waals surface area (Å²) in [7, 11) is 1.55. The number of carbonyl (C=O) groups excluding carboxylic acids is 1. The molecule has 0 heterocycles. The molecule has 17 heavy (non-hydrogen) atoms. The highest BCUT2D eigenvalue weighted by Crippen LogP contribution is 2.27. The number of anilines is 1. The maximum Gasteiger partial charge on any atom is 0.319 e. The number of methoxy groups -OCH3 is 1. The van der Waals surface area contributed by atoms with E-state index in [0.29, 0.717) is 23.0 Å². The molecule has 0 saturated carbocycles. The first-order valence-electron chi connectivity index (χ1n) is 5.55. The molecule has 0 bridgehead atoms. The molecule has 0 saturated heterocycles. The number of unbranched alkanes of at least 4 members (excludes halogenated alkanes) is 1. The second kappa shape index (κ2) is 7.01. The molecular formula is C12H17ClN2O2. The number of benzene rings is 1. The van der Waals surface area contributed by atoms with E-state index >= 15 is 0 Å². The van der Waals surface area contributed by atoms with Crippen molar-refractivity contribution in [1.82, 2.24) is 5.32 Å². The van der Waals surface area contributed by atoms with Crippen LogP contribution in [0.15, 0.2) is 18.2 Å². The Hall–Kier alpha value is -1.42. The van der Waals surface area contributed by atoms with Crippen LogP contribution in [0.3, 0.4) is 0 Å². The zero-order valence-corrected chi connectivity index (χ0v) is 10.8. The molecule has 1 rings (SSSR count). The van der Waals surface area contributed by atoms with Crippen LogP contribution >= 0.6 is 11.6 Å². The molecule has 0 aliphatic heterocycles. The molecule has 4 nitrogen and oxygen atoms in total. The number of halogens is 1. The molecule has 0 spiro atoms. The SMILES string of the molecule is CCCCNC(=O)Nc1cc(Cl)ccc1OC. The average molecular weight is 257 g/mol. The predicted octanol–water partition coefficient (Wildman–Crippen LogP) is 3.27. The lowest BCUT2D eigenvalue weighted by molar-refractivity contribution is 0.252. The normalized spacial score (nSPS) is 9.82. The second-order valence-electron chi connectivity index (χ2n) is 3.58. The molecule has 1 aromatic carbocycles. The summed E-state index contributed by atoms with van der Waals surface area (Å²) in [6.07, 6.45) is 2.00. The van der Waals surface area contributed by atoms with E-state index in [1.165, 1.54) is 0 Å². The Morgan fingerprint density at radius 3 is 2.88 bits per heavy atom. The molecule has 94 valence electrons. The third-order valence-electron chi connectivity index (χ3n) is 2.23. The van der Waals surface area contributed by atoms with Crippen molar-refractivity contribution in [3.63, 3.8) is 0 Å². The Bertz CT molecular complexity index is 383. The van der Waals surface area contributed by atoms with Gasteiger partial charge < -0.3 is 15.4 Å². The van der Waals surface area contributed by atoms with E-state index in [1.54, 1.807) is 25.3 Å². The molecule has 0 aliphatic rings. The van der Waals surface area contributed by atoms with E-state index in [-0.39, 0.29) is 6.03 Å². The molecule has 0 fully saturated rings. The van der Waals surface area contributed by atoms with Crippen molar-refractivity contribution in [1.29, 1.82) is 0 Å². The van der Waals surface area contributed by atoms with Gasteiger partial charge in [-0.1, -0.05) is 24.9 Å². The van der Waals surface area contributed by atoms with Crippen LogP contribution in [0.1, 0.15) is 19.8 Å². The number of urea groups is 1. The van der Waals surface area contributed by atoms with Crippen molar-refractivity contribution in [2.75, 3.05) is 19.0 Å². The summed E-state index contributed by atoms with van der Waals surface area (Å²) in [5.41, 5.74) is 0.564. The van der Waals surface area contributed by atoms with Crippen LogP contribution < -0.4 is 15.4 Å². The summed E-state index contributed by atoms with van der Waals surface area (Å²) in [5.74, 6) is 0.583. The number of ether oxygens (including phenoxy) is 1. The zero-order chi connectivity index (χ0) is 12.7. The van der Waals surface area contributed by atoms with E-state index in [1.807, 2.05) is 0 Å². The minimum Gasteiger partial charge on any atom is -0.495 e. The molecule has 0 radical (unpaired) electrons. The van der Waals surface area contributed by atoms with Gasteiger partial charge in [0, 0.05) is 11.6 Å². The van der Waals surface area contributed by atoms with Crippen molar-refractivity contribution < 1.29 is 9.53 Å². The lowest BCUT2D eigenvalue weighted by atomic mass is 10.3. The monoisotopic (exact) mass is 256 g/mol. The molecule has 2 N–H and O–H groups in total. The van der Waals surface area contributed by atoms with Gasteiger partial charge in [-0.05, 0) is 24.6 Å². The fraction of sp³-hybridized carbons (Fsp3) is 0.417. The topological polar surface area (TPSA) is 50.4 Å². The lowest BCUT2D eigenvalue weighted by Crippen LogP contribution is -2.29. The summed E-state index contributed by atoms with van der Waals surface area (Å²) in [4.78, 5) is 11.5. The molecular weight excluding hydrogens is 240 g/mol. The average Bonchev–Trinajstić information content (AvgIpc) is 2.29. The highest BCUT2D eigenvalue weighted by atomic mass is 35.5. The van der Waals surface area contributed by atoms with Gasteiger partial charge in [0.2, 0.25) is 0 Å². The number of hydrogen-bond acceptors (Lipinski definition) is 2.